The number of hydrogen-bond donors (Lipinski definition) is 2. The van der Waals surface area contributed by atoms with Crippen LogP contribution >= 0.6 is 0 Å². The van der Waals surface area contributed by atoms with E-state index in [9.17, 15) is 9.59 Å². The molecule has 2 heterocycles. The van der Waals surface area contributed by atoms with Crippen LogP contribution in [0.5, 0.6) is 0 Å². The Kier molecular flexibility index (Phi) is 6.36. The van der Waals surface area contributed by atoms with E-state index in [2.05, 4.69) is 27.3 Å². The summed E-state index contributed by atoms with van der Waals surface area (Å²) >= 11 is 0. The second-order valence-corrected chi connectivity index (χ2v) is 9.51. The maximum atomic E-state index is 13.6. The van der Waals surface area contributed by atoms with Gasteiger partial charge in [-0.2, -0.15) is 0 Å². The van der Waals surface area contributed by atoms with E-state index in [1.54, 1.807) is 0 Å². The molecule has 0 atom stereocenters. The molecule has 178 valence electrons. The first-order valence-electron chi connectivity index (χ1n) is 12.1. The first-order valence-corrected chi connectivity index (χ1v) is 12.1. The Hall–Kier alpha value is -3.93. The number of aryl methyl sites for hydroxylation is 1. The summed E-state index contributed by atoms with van der Waals surface area (Å²) in [6, 6.07) is 25.9. The van der Waals surface area contributed by atoms with Crippen LogP contribution in [0.3, 0.4) is 0 Å². The number of anilines is 1. The Morgan fingerprint density at radius 3 is 2.31 bits per heavy atom. The van der Waals surface area contributed by atoms with Crippen molar-refractivity contribution in [3.63, 3.8) is 0 Å². The summed E-state index contributed by atoms with van der Waals surface area (Å²) in [7, 11) is 0. The van der Waals surface area contributed by atoms with Crippen molar-refractivity contribution in [2.45, 2.75) is 32.7 Å². The van der Waals surface area contributed by atoms with Gasteiger partial charge in [-0.05, 0) is 49.4 Å². The number of carbonyl (C=O) groups excluding carboxylic acids is 1. The van der Waals surface area contributed by atoms with Gasteiger partial charge in [-0.15, -0.1) is 0 Å². The number of aromatic amines is 1. The lowest BCUT2D eigenvalue weighted by atomic mass is 9.73. The Morgan fingerprint density at radius 2 is 1.63 bits per heavy atom. The van der Waals surface area contributed by atoms with E-state index < -0.39 is 5.41 Å². The number of hydrogen-bond acceptors (Lipinski definition) is 4. The fourth-order valence-electron chi connectivity index (χ4n) is 4.97. The van der Waals surface area contributed by atoms with Crippen molar-refractivity contribution >= 4 is 22.8 Å². The number of benzene rings is 3. The standard InChI is InChI=1S/C29H30N4O2/c1-21-12-13-25-24(18-21)26(34)32-28(31-25)33-16-14-29(15-17-33,19-22-8-4-2-5-9-22)27(35)30-20-23-10-6-3-7-11-23/h2-13,18H,14-17,19-20H2,1H3,(H,30,35)(H,31,32,34). The zero-order valence-electron chi connectivity index (χ0n) is 20.0. The third-order valence-corrected chi connectivity index (χ3v) is 7.03. The summed E-state index contributed by atoms with van der Waals surface area (Å²) in [5.74, 6) is 0.657. The molecule has 3 aromatic carbocycles. The highest BCUT2D eigenvalue weighted by Gasteiger charge is 2.41. The summed E-state index contributed by atoms with van der Waals surface area (Å²) in [6.07, 6.45) is 2.04. The molecule has 6 nitrogen and oxygen atoms in total. The number of fused-ring (bicyclic) bond motifs is 1. The predicted molar refractivity (Wildman–Crippen MR) is 139 cm³/mol. The minimum Gasteiger partial charge on any atom is -0.352 e. The molecule has 1 aliphatic rings. The lowest BCUT2D eigenvalue weighted by Gasteiger charge is -2.41. The monoisotopic (exact) mass is 466 g/mol. The van der Waals surface area contributed by atoms with Crippen LogP contribution in [-0.4, -0.2) is 29.0 Å². The van der Waals surface area contributed by atoms with E-state index in [1.807, 2.05) is 73.7 Å². The molecule has 0 aliphatic carbocycles. The lowest BCUT2D eigenvalue weighted by Crippen LogP contribution is -2.50. The molecule has 0 saturated carbocycles. The maximum absolute atomic E-state index is 13.6. The molecule has 6 heteroatoms. The number of rotatable bonds is 6. The van der Waals surface area contributed by atoms with Gasteiger partial charge >= 0.3 is 0 Å². The highest BCUT2D eigenvalue weighted by molar-refractivity contribution is 5.83. The number of carbonyl (C=O) groups is 1. The van der Waals surface area contributed by atoms with Gasteiger partial charge in [0.15, 0.2) is 0 Å². The largest absolute Gasteiger partial charge is 0.352 e. The van der Waals surface area contributed by atoms with Crippen LogP contribution in [0.2, 0.25) is 0 Å². The molecule has 35 heavy (non-hydrogen) atoms. The Balaban J connectivity index is 1.37. The van der Waals surface area contributed by atoms with E-state index >= 15 is 0 Å². The van der Waals surface area contributed by atoms with Crippen LogP contribution < -0.4 is 15.8 Å². The Bertz CT molecular complexity index is 1370. The summed E-state index contributed by atoms with van der Waals surface area (Å²) in [6.45, 7) is 3.77. The minimum absolute atomic E-state index is 0.0836. The van der Waals surface area contributed by atoms with E-state index in [1.165, 1.54) is 0 Å². The number of H-pyrrole nitrogens is 1. The quantitative estimate of drug-likeness (QED) is 0.442. The van der Waals surface area contributed by atoms with Gasteiger partial charge < -0.3 is 10.2 Å². The molecule has 1 fully saturated rings. The normalized spacial score (nSPS) is 15.2. The fraction of sp³-hybridized carbons (Fsp3) is 0.276. The zero-order valence-corrected chi connectivity index (χ0v) is 20.0. The smallest absolute Gasteiger partial charge is 0.260 e. The van der Waals surface area contributed by atoms with Crippen LogP contribution in [0, 0.1) is 12.3 Å². The van der Waals surface area contributed by atoms with Crippen molar-refractivity contribution in [1.82, 2.24) is 15.3 Å². The van der Waals surface area contributed by atoms with E-state index in [4.69, 9.17) is 4.98 Å². The molecule has 0 spiro atoms. The number of nitrogens with zero attached hydrogens (tertiary/aromatic N) is 2. The summed E-state index contributed by atoms with van der Waals surface area (Å²) in [4.78, 5) is 36.1. The van der Waals surface area contributed by atoms with Crippen LogP contribution in [0.4, 0.5) is 5.95 Å². The second kappa shape index (κ2) is 9.74. The number of amides is 1. The molecule has 1 aromatic heterocycles. The van der Waals surface area contributed by atoms with E-state index in [-0.39, 0.29) is 11.5 Å². The Morgan fingerprint density at radius 1 is 0.971 bits per heavy atom. The maximum Gasteiger partial charge on any atom is 0.260 e. The highest BCUT2D eigenvalue weighted by Crippen LogP contribution is 2.36. The second-order valence-electron chi connectivity index (χ2n) is 9.51. The van der Waals surface area contributed by atoms with E-state index in [0.717, 1.165) is 16.7 Å². The fourth-order valence-corrected chi connectivity index (χ4v) is 4.97. The van der Waals surface area contributed by atoms with Gasteiger partial charge in [0.2, 0.25) is 11.9 Å². The van der Waals surface area contributed by atoms with Crippen molar-refractivity contribution < 1.29 is 4.79 Å². The molecule has 1 aliphatic heterocycles. The summed E-state index contributed by atoms with van der Waals surface area (Å²) in [5.41, 5.74) is 3.32. The van der Waals surface area contributed by atoms with Gasteiger partial charge in [0, 0.05) is 19.6 Å². The molecule has 0 bridgehead atoms. The molecule has 1 amide bonds. The van der Waals surface area contributed by atoms with E-state index in [0.29, 0.717) is 55.7 Å². The van der Waals surface area contributed by atoms with Gasteiger partial charge in [0.1, 0.15) is 0 Å². The van der Waals surface area contributed by atoms with Gasteiger partial charge in [-0.3, -0.25) is 14.6 Å². The van der Waals surface area contributed by atoms with Gasteiger partial charge in [-0.1, -0.05) is 72.3 Å². The van der Waals surface area contributed by atoms with Gasteiger partial charge in [0.05, 0.1) is 16.3 Å². The number of aromatic nitrogens is 2. The minimum atomic E-state index is -0.513. The first-order chi connectivity index (χ1) is 17.0. The van der Waals surface area contributed by atoms with Crippen molar-refractivity contribution in [2.24, 2.45) is 5.41 Å². The van der Waals surface area contributed by atoms with Gasteiger partial charge in [0.25, 0.3) is 5.56 Å². The molecular weight excluding hydrogens is 436 g/mol. The predicted octanol–water partition coefficient (Wildman–Crippen LogP) is 4.38. The SMILES string of the molecule is Cc1ccc2nc(N3CCC(Cc4ccccc4)(C(=O)NCc4ccccc4)CC3)[nH]c(=O)c2c1. The molecule has 2 N–H and O–H groups in total. The van der Waals surface area contributed by atoms with Crippen molar-refractivity contribution in [1.29, 1.82) is 0 Å². The van der Waals surface area contributed by atoms with Crippen LogP contribution in [0.15, 0.2) is 83.7 Å². The van der Waals surface area contributed by atoms with Crippen molar-refractivity contribution in [3.8, 4) is 0 Å². The molecule has 1 saturated heterocycles. The molecular formula is C29H30N4O2. The third kappa shape index (κ3) is 4.97. The third-order valence-electron chi connectivity index (χ3n) is 7.03. The van der Waals surface area contributed by atoms with Crippen molar-refractivity contribution in [3.05, 3.63) is 106 Å². The molecule has 0 radical (unpaired) electrons. The van der Waals surface area contributed by atoms with Gasteiger partial charge in [-0.25, -0.2) is 4.98 Å². The summed E-state index contributed by atoms with van der Waals surface area (Å²) < 4.78 is 0. The molecule has 5 rings (SSSR count). The number of nitrogens with one attached hydrogen (secondary N) is 2. The number of piperidine rings is 1. The summed E-state index contributed by atoms with van der Waals surface area (Å²) in [5, 5.41) is 3.79. The zero-order chi connectivity index (χ0) is 24.3. The van der Waals surface area contributed by atoms with Crippen molar-refractivity contribution in [2.75, 3.05) is 18.0 Å². The average molecular weight is 467 g/mol. The highest BCUT2D eigenvalue weighted by atomic mass is 16.2. The van der Waals surface area contributed by atoms with Crippen LogP contribution in [-0.2, 0) is 17.8 Å². The van der Waals surface area contributed by atoms with Crippen LogP contribution in [0.25, 0.3) is 10.9 Å². The molecule has 0 unspecified atom stereocenters. The molecule has 4 aromatic rings. The Labute approximate surface area is 205 Å². The first kappa shape index (κ1) is 22.8. The topological polar surface area (TPSA) is 78.1 Å². The average Bonchev–Trinajstić information content (AvgIpc) is 2.89. The van der Waals surface area contributed by atoms with Crippen LogP contribution in [0.1, 0.15) is 29.5 Å². The lowest BCUT2D eigenvalue weighted by molar-refractivity contribution is -0.132.